The molecule has 20 heteroatoms. The molecule has 6 aromatic rings. The molecule has 0 amide bonds. The second-order valence-corrected chi connectivity index (χ2v) is 17.5. The Morgan fingerprint density at radius 3 is 1.51 bits per heavy atom. The molecular formula is C54H48BBrF8N2O8. The Bertz CT molecular complexity index is 2970. The van der Waals surface area contributed by atoms with Gasteiger partial charge >= 0.3 is 31.4 Å². The smallest absolute Gasteiger partial charge is 0.473 e. The van der Waals surface area contributed by atoms with Crippen molar-refractivity contribution in [2.45, 2.75) is 77.9 Å². The summed E-state index contributed by atoms with van der Waals surface area (Å²) in [5.74, 6) is -2.36. The number of carbonyl (C=O) groups is 2. The maximum Gasteiger partial charge on any atom is 0.494 e. The maximum absolute atomic E-state index is 14.4. The van der Waals surface area contributed by atoms with Crippen LogP contribution >= 0.6 is 15.9 Å². The van der Waals surface area contributed by atoms with Crippen LogP contribution in [0, 0.1) is 11.6 Å². The first-order valence-corrected chi connectivity index (χ1v) is 23.9. The van der Waals surface area contributed by atoms with Gasteiger partial charge in [-0.05, 0) is 144 Å². The van der Waals surface area contributed by atoms with Crippen LogP contribution in [-0.4, -0.2) is 52.3 Å². The molecule has 0 saturated carbocycles. The molecule has 10 nitrogen and oxygen atoms in total. The molecular weight excluding hydrogens is 1050 g/mol. The third-order valence-corrected chi connectivity index (χ3v) is 12.2. The summed E-state index contributed by atoms with van der Waals surface area (Å²) in [5, 5.41) is 18.3. The first-order valence-electron chi connectivity index (χ1n) is 23.2. The van der Waals surface area contributed by atoms with Crippen molar-refractivity contribution in [1.82, 2.24) is 9.97 Å². The molecule has 2 N–H and O–H groups in total. The lowest BCUT2D eigenvalue weighted by Crippen LogP contribution is -2.33. The summed E-state index contributed by atoms with van der Waals surface area (Å²) >= 11 is 3.50. The van der Waals surface area contributed by atoms with E-state index in [1.54, 1.807) is 44.2 Å². The van der Waals surface area contributed by atoms with Gasteiger partial charge in [0.1, 0.15) is 24.8 Å². The van der Waals surface area contributed by atoms with Crippen molar-refractivity contribution in [1.29, 1.82) is 0 Å². The highest BCUT2D eigenvalue weighted by atomic mass is 79.9. The van der Waals surface area contributed by atoms with Gasteiger partial charge in [0.25, 0.3) is 0 Å². The van der Waals surface area contributed by atoms with Gasteiger partial charge in [0.15, 0.2) is 0 Å². The average Bonchev–Trinajstić information content (AvgIpc) is 4.05. The van der Waals surface area contributed by atoms with Gasteiger partial charge in [-0.2, -0.15) is 26.3 Å². The molecule has 2 heterocycles. The second-order valence-electron chi connectivity index (χ2n) is 16.6. The molecule has 0 spiro atoms. The predicted molar refractivity (Wildman–Crippen MR) is 265 cm³/mol. The monoisotopic (exact) mass is 1090 g/mol. The van der Waals surface area contributed by atoms with Gasteiger partial charge < -0.3 is 29.0 Å². The van der Waals surface area contributed by atoms with Gasteiger partial charge in [0.05, 0.1) is 35.5 Å². The number of carbonyl (C=O) groups excluding carboxylic acids is 2. The summed E-state index contributed by atoms with van der Waals surface area (Å²) in [7, 11) is -2.11. The Balaban J connectivity index is 0.000000195. The van der Waals surface area contributed by atoms with Crippen molar-refractivity contribution in [2.75, 3.05) is 13.2 Å². The average molecular weight is 1100 g/mol. The highest BCUT2D eigenvalue weighted by Crippen LogP contribution is 2.44. The summed E-state index contributed by atoms with van der Waals surface area (Å²) in [5.41, 5.74) is 3.26. The highest BCUT2D eigenvalue weighted by molar-refractivity contribution is 9.11. The standard InChI is InChI=1S/C27H23F4NO3.C14H14BrFO2.C13H11BF3NO3/c1-2-34-26(33)19-11-18(12-21(28)13-19)22-9-6-10-23(22)24-14-20(27(29,30)31)15-32-25(24)35-16-17-7-4-3-5-8-17;1-2-18-14(17)10-6-9(7-11(16)8-10)12-4-3-5-13(12)15;15-13(16,17)10-6-11(14(19)20)12(18-7-10)21-8-9-4-2-1-3-5-9/h3-5,7-8,11-15H,2,6,9-10,16H2,1H3;6-8H,2-5H2,1H3;1-7,19-20H,8H2. The van der Waals surface area contributed by atoms with Crippen molar-refractivity contribution in [3.05, 3.63) is 188 Å². The summed E-state index contributed by atoms with van der Waals surface area (Å²) in [4.78, 5) is 31.3. The number of esters is 2. The molecule has 0 aliphatic heterocycles. The first kappa shape index (κ1) is 56.4. The van der Waals surface area contributed by atoms with Crippen LogP contribution in [0.25, 0.3) is 16.7 Å². The third kappa shape index (κ3) is 15.6. The molecule has 2 aromatic heterocycles. The van der Waals surface area contributed by atoms with Crippen LogP contribution in [0.15, 0.2) is 126 Å². The number of halogens is 9. The molecule has 388 valence electrons. The number of nitrogens with zero attached hydrogens (tertiary/aromatic N) is 2. The van der Waals surface area contributed by atoms with E-state index in [0.717, 1.165) is 64.3 Å². The van der Waals surface area contributed by atoms with E-state index in [1.165, 1.54) is 24.3 Å². The topological polar surface area (TPSA) is 137 Å². The Morgan fingerprint density at radius 2 is 1.04 bits per heavy atom. The number of allylic oxidation sites excluding steroid dienone is 4. The number of ether oxygens (including phenoxy) is 4. The number of hydrogen-bond acceptors (Lipinski definition) is 10. The zero-order valence-electron chi connectivity index (χ0n) is 39.8. The Kier molecular flexibility index (Phi) is 19.7. The lowest BCUT2D eigenvalue weighted by Gasteiger charge is -2.16. The van der Waals surface area contributed by atoms with E-state index < -0.39 is 59.6 Å². The fourth-order valence-electron chi connectivity index (χ4n) is 7.88. The number of hydrogen-bond donors (Lipinski definition) is 2. The van der Waals surface area contributed by atoms with E-state index in [-0.39, 0.29) is 54.9 Å². The Hall–Kier alpha value is -6.90. The molecule has 0 atom stereocenters. The Labute approximate surface area is 430 Å². The van der Waals surface area contributed by atoms with Crippen LogP contribution in [0.3, 0.4) is 0 Å². The van der Waals surface area contributed by atoms with Crippen LogP contribution in [-0.2, 0) is 35.0 Å². The minimum absolute atomic E-state index is 0.0447. The second kappa shape index (κ2) is 25.9. The highest BCUT2D eigenvalue weighted by Gasteiger charge is 2.35. The Morgan fingerprint density at radius 1 is 0.595 bits per heavy atom. The van der Waals surface area contributed by atoms with Crippen molar-refractivity contribution >= 4 is 57.2 Å². The van der Waals surface area contributed by atoms with Crippen LogP contribution in [0.2, 0.25) is 0 Å². The zero-order chi connectivity index (χ0) is 53.6. The molecule has 2 aliphatic carbocycles. The molecule has 0 fully saturated rings. The summed E-state index contributed by atoms with van der Waals surface area (Å²) in [6, 6.07) is 28.0. The van der Waals surface area contributed by atoms with Crippen molar-refractivity contribution < 1.29 is 73.7 Å². The molecule has 74 heavy (non-hydrogen) atoms. The van der Waals surface area contributed by atoms with Crippen molar-refractivity contribution in [3.8, 4) is 11.8 Å². The minimum atomic E-state index is -4.62. The quantitative estimate of drug-likeness (QED) is 0.0616. The zero-order valence-corrected chi connectivity index (χ0v) is 41.4. The van der Waals surface area contributed by atoms with Crippen LogP contribution in [0.5, 0.6) is 11.8 Å². The minimum Gasteiger partial charge on any atom is -0.473 e. The summed E-state index contributed by atoms with van der Waals surface area (Å²) in [6.45, 7) is 3.98. The van der Waals surface area contributed by atoms with E-state index in [2.05, 4.69) is 25.9 Å². The SMILES string of the molecule is CCOC(=O)c1cc(F)cc(C2=C(Br)CCC2)c1.CCOC(=O)c1cc(F)cc(C2=C(c3cc(C(F)(F)F)cnc3OCc3ccccc3)CCC2)c1.OB(O)c1cc(C(F)(F)F)cnc1OCc1ccccc1. The van der Waals surface area contributed by atoms with Gasteiger partial charge in [-0.15, -0.1) is 0 Å². The van der Waals surface area contributed by atoms with Gasteiger partial charge in [0.2, 0.25) is 11.8 Å². The lowest BCUT2D eigenvalue weighted by atomic mass is 9.80. The number of benzene rings is 4. The van der Waals surface area contributed by atoms with Gasteiger partial charge in [-0.25, -0.2) is 28.3 Å². The molecule has 8 rings (SSSR count). The molecule has 0 radical (unpaired) electrons. The number of pyridine rings is 2. The molecule has 0 unspecified atom stereocenters. The molecule has 0 saturated heterocycles. The van der Waals surface area contributed by atoms with Gasteiger partial charge in [-0.3, -0.25) is 0 Å². The van der Waals surface area contributed by atoms with E-state index in [0.29, 0.717) is 48.2 Å². The molecule has 2 aliphatic rings. The van der Waals surface area contributed by atoms with Crippen molar-refractivity contribution in [2.24, 2.45) is 0 Å². The first-order chi connectivity index (χ1) is 35.2. The molecule has 0 bridgehead atoms. The van der Waals surface area contributed by atoms with Crippen LogP contribution in [0.4, 0.5) is 35.1 Å². The summed E-state index contributed by atoms with van der Waals surface area (Å²) < 4.78 is 128. The fourth-order valence-corrected chi connectivity index (χ4v) is 8.59. The largest absolute Gasteiger partial charge is 0.494 e. The number of rotatable bonds is 14. The normalized spacial score (nSPS) is 13.4. The molecule has 4 aromatic carbocycles. The fraction of sp³-hybridized carbons (Fsp3) is 0.259. The number of alkyl halides is 6. The third-order valence-electron chi connectivity index (χ3n) is 11.3. The van der Waals surface area contributed by atoms with E-state index in [1.807, 2.05) is 36.4 Å². The summed E-state index contributed by atoms with van der Waals surface area (Å²) in [6.07, 6.45) is -3.30. The van der Waals surface area contributed by atoms with Crippen LogP contribution < -0.4 is 14.9 Å². The number of aromatic nitrogens is 2. The lowest BCUT2D eigenvalue weighted by molar-refractivity contribution is -0.138. The van der Waals surface area contributed by atoms with Gasteiger partial charge in [0, 0.05) is 23.4 Å². The van der Waals surface area contributed by atoms with Crippen molar-refractivity contribution in [3.63, 3.8) is 0 Å². The van der Waals surface area contributed by atoms with Gasteiger partial charge in [-0.1, -0.05) is 76.6 Å². The van der Waals surface area contributed by atoms with Crippen LogP contribution in [0.1, 0.15) is 112 Å². The van der Waals surface area contributed by atoms with E-state index in [4.69, 9.17) is 29.0 Å². The predicted octanol–water partition coefficient (Wildman–Crippen LogP) is 12.7. The van der Waals surface area contributed by atoms with E-state index >= 15 is 0 Å². The van der Waals surface area contributed by atoms with E-state index in [9.17, 15) is 44.7 Å². The maximum atomic E-state index is 14.4.